The first-order valence-electron chi connectivity index (χ1n) is 6.43. The van der Waals surface area contributed by atoms with E-state index in [0.29, 0.717) is 0 Å². The lowest BCUT2D eigenvalue weighted by atomic mass is 9.99. The minimum atomic E-state index is 0.280. The van der Waals surface area contributed by atoms with Crippen LogP contribution >= 0.6 is 27.5 Å². The van der Waals surface area contributed by atoms with E-state index in [1.165, 1.54) is 11.1 Å². The molecule has 0 heterocycles. The zero-order valence-electron chi connectivity index (χ0n) is 10.9. The van der Waals surface area contributed by atoms with Crippen LogP contribution < -0.4 is 5.32 Å². The second-order valence-electron chi connectivity index (χ2n) is 4.46. The summed E-state index contributed by atoms with van der Waals surface area (Å²) in [6, 6.07) is 16.7. The summed E-state index contributed by atoms with van der Waals surface area (Å²) in [7, 11) is 0. The molecule has 0 spiro atoms. The number of hydrogen-bond acceptors (Lipinski definition) is 1. The van der Waals surface area contributed by atoms with Gasteiger partial charge in [-0.25, -0.2) is 0 Å². The topological polar surface area (TPSA) is 12.0 Å². The van der Waals surface area contributed by atoms with Crippen molar-refractivity contribution >= 4 is 27.5 Å². The van der Waals surface area contributed by atoms with Crippen LogP contribution in [0.4, 0.5) is 0 Å². The van der Waals surface area contributed by atoms with E-state index in [9.17, 15) is 0 Å². The lowest BCUT2D eigenvalue weighted by Crippen LogP contribution is -2.23. The fourth-order valence-electron chi connectivity index (χ4n) is 2.16. The van der Waals surface area contributed by atoms with E-state index in [1.807, 2.05) is 24.3 Å². The third-order valence-electron chi connectivity index (χ3n) is 3.08. The standard InChI is InChI=1S/C16H17BrClN/c1-2-19-16(13-7-5-8-14(17)10-13)11-12-6-3-4-9-15(12)18/h3-10,16,19H,2,11H2,1H3. The summed E-state index contributed by atoms with van der Waals surface area (Å²) in [6.45, 7) is 3.05. The number of halogens is 2. The van der Waals surface area contributed by atoms with Crippen LogP contribution in [-0.4, -0.2) is 6.54 Å². The van der Waals surface area contributed by atoms with E-state index in [-0.39, 0.29) is 6.04 Å². The number of likely N-dealkylation sites (N-methyl/N-ethyl adjacent to an activating group) is 1. The summed E-state index contributed by atoms with van der Waals surface area (Å²) in [6.07, 6.45) is 0.893. The van der Waals surface area contributed by atoms with E-state index in [1.54, 1.807) is 0 Å². The van der Waals surface area contributed by atoms with E-state index in [0.717, 1.165) is 22.5 Å². The van der Waals surface area contributed by atoms with Crippen molar-refractivity contribution in [2.24, 2.45) is 0 Å². The third kappa shape index (κ3) is 4.07. The molecular weight excluding hydrogens is 322 g/mol. The summed E-state index contributed by atoms with van der Waals surface area (Å²) in [5.74, 6) is 0. The van der Waals surface area contributed by atoms with Crippen molar-refractivity contribution in [1.29, 1.82) is 0 Å². The fourth-order valence-corrected chi connectivity index (χ4v) is 2.79. The van der Waals surface area contributed by atoms with Gasteiger partial charge in [-0.3, -0.25) is 0 Å². The first-order valence-corrected chi connectivity index (χ1v) is 7.60. The van der Waals surface area contributed by atoms with Gasteiger partial charge < -0.3 is 5.32 Å². The lowest BCUT2D eigenvalue weighted by molar-refractivity contribution is 0.549. The summed E-state index contributed by atoms with van der Waals surface area (Å²) in [5, 5.41) is 4.36. The first-order chi connectivity index (χ1) is 9.20. The molecule has 1 atom stereocenters. The van der Waals surface area contributed by atoms with Gasteiger partial charge in [0.1, 0.15) is 0 Å². The van der Waals surface area contributed by atoms with E-state index in [4.69, 9.17) is 11.6 Å². The molecule has 2 aromatic rings. The van der Waals surface area contributed by atoms with Crippen LogP contribution in [0.5, 0.6) is 0 Å². The Morgan fingerprint density at radius 1 is 1.16 bits per heavy atom. The molecule has 1 unspecified atom stereocenters. The van der Waals surface area contributed by atoms with E-state index >= 15 is 0 Å². The molecule has 0 aliphatic carbocycles. The fraction of sp³-hybridized carbons (Fsp3) is 0.250. The summed E-state index contributed by atoms with van der Waals surface area (Å²) in [4.78, 5) is 0. The molecule has 1 nitrogen and oxygen atoms in total. The predicted octanol–water partition coefficient (Wildman–Crippen LogP) is 5.00. The average Bonchev–Trinajstić information content (AvgIpc) is 2.40. The molecular formula is C16H17BrClN. The van der Waals surface area contributed by atoms with Crippen LogP contribution in [0.25, 0.3) is 0 Å². The van der Waals surface area contributed by atoms with Gasteiger partial charge in [0.05, 0.1) is 0 Å². The molecule has 1 N–H and O–H groups in total. The van der Waals surface area contributed by atoms with Gasteiger partial charge in [-0.15, -0.1) is 0 Å². The van der Waals surface area contributed by atoms with Gasteiger partial charge in [-0.2, -0.15) is 0 Å². The van der Waals surface area contributed by atoms with Crippen LogP contribution in [0.15, 0.2) is 53.0 Å². The molecule has 100 valence electrons. The Hall–Kier alpha value is -0.830. The summed E-state index contributed by atoms with van der Waals surface area (Å²) >= 11 is 9.78. The molecule has 0 amide bonds. The Labute approximate surface area is 128 Å². The maximum Gasteiger partial charge on any atom is 0.0438 e. The van der Waals surface area contributed by atoms with Gasteiger partial charge in [-0.1, -0.05) is 64.8 Å². The highest BCUT2D eigenvalue weighted by Crippen LogP contribution is 2.25. The minimum Gasteiger partial charge on any atom is -0.310 e. The van der Waals surface area contributed by atoms with Crippen molar-refractivity contribution in [3.63, 3.8) is 0 Å². The number of nitrogens with one attached hydrogen (secondary N) is 1. The second kappa shape index (κ2) is 7.09. The molecule has 3 heteroatoms. The quantitative estimate of drug-likeness (QED) is 0.809. The Kier molecular flexibility index (Phi) is 5.44. The van der Waals surface area contributed by atoms with Crippen molar-refractivity contribution in [3.05, 3.63) is 69.2 Å². The molecule has 0 radical (unpaired) electrons. The van der Waals surface area contributed by atoms with Gasteiger partial charge >= 0.3 is 0 Å². The van der Waals surface area contributed by atoms with Gasteiger partial charge in [-0.05, 0) is 42.3 Å². The third-order valence-corrected chi connectivity index (χ3v) is 3.95. The monoisotopic (exact) mass is 337 g/mol. The highest BCUT2D eigenvalue weighted by molar-refractivity contribution is 9.10. The van der Waals surface area contributed by atoms with Crippen LogP contribution in [0.1, 0.15) is 24.1 Å². The molecule has 2 aromatic carbocycles. The van der Waals surface area contributed by atoms with Crippen LogP contribution in [-0.2, 0) is 6.42 Å². The number of rotatable bonds is 5. The van der Waals surface area contributed by atoms with Crippen molar-refractivity contribution < 1.29 is 0 Å². The van der Waals surface area contributed by atoms with Crippen molar-refractivity contribution in [2.45, 2.75) is 19.4 Å². The lowest BCUT2D eigenvalue weighted by Gasteiger charge is -2.19. The molecule has 0 fully saturated rings. The predicted molar refractivity (Wildman–Crippen MR) is 85.7 cm³/mol. The number of benzene rings is 2. The average molecular weight is 339 g/mol. The van der Waals surface area contributed by atoms with Crippen molar-refractivity contribution in [2.75, 3.05) is 6.54 Å². The van der Waals surface area contributed by atoms with Gasteiger partial charge in [0.15, 0.2) is 0 Å². The molecule has 0 saturated carbocycles. The molecule has 0 aliphatic rings. The second-order valence-corrected chi connectivity index (χ2v) is 5.78. The molecule has 0 bridgehead atoms. The van der Waals surface area contributed by atoms with Crippen LogP contribution in [0, 0.1) is 0 Å². The SMILES string of the molecule is CCNC(Cc1ccccc1Cl)c1cccc(Br)c1. The largest absolute Gasteiger partial charge is 0.310 e. The normalized spacial score (nSPS) is 12.4. The Morgan fingerprint density at radius 3 is 2.63 bits per heavy atom. The van der Waals surface area contributed by atoms with Crippen molar-refractivity contribution in [1.82, 2.24) is 5.32 Å². The molecule has 2 rings (SSSR count). The van der Waals surface area contributed by atoms with Crippen LogP contribution in [0.2, 0.25) is 5.02 Å². The smallest absolute Gasteiger partial charge is 0.0438 e. The maximum atomic E-state index is 6.25. The Morgan fingerprint density at radius 2 is 1.95 bits per heavy atom. The summed E-state index contributed by atoms with van der Waals surface area (Å²) < 4.78 is 1.10. The van der Waals surface area contributed by atoms with Gasteiger partial charge in [0.25, 0.3) is 0 Å². The molecule has 0 aromatic heterocycles. The molecule has 19 heavy (non-hydrogen) atoms. The molecule has 0 saturated heterocycles. The summed E-state index contributed by atoms with van der Waals surface area (Å²) in [5.41, 5.74) is 2.45. The van der Waals surface area contributed by atoms with Gasteiger partial charge in [0, 0.05) is 15.5 Å². The first kappa shape index (κ1) is 14.6. The van der Waals surface area contributed by atoms with E-state index < -0.39 is 0 Å². The zero-order chi connectivity index (χ0) is 13.7. The highest BCUT2D eigenvalue weighted by atomic mass is 79.9. The molecule has 0 aliphatic heterocycles. The number of hydrogen-bond donors (Lipinski definition) is 1. The van der Waals surface area contributed by atoms with Crippen LogP contribution in [0.3, 0.4) is 0 Å². The Bertz CT molecular complexity index is 542. The highest BCUT2D eigenvalue weighted by Gasteiger charge is 2.13. The van der Waals surface area contributed by atoms with E-state index in [2.05, 4.69) is 52.4 Å². The van der Waals surface area contributed by atoms with Crippen molar-refractivity contribution in [3.8, 4) is 0 Å². The van der Waals surface area contributed by atoms with Gasteiger partial charge in [0.2, 0.25) is 0 Å². The Balaban J connectivity index is 2.24. The maximum absolute atomic E-state index is 6.25. The minimum absolute atomic E-state index is 0.280. The zero-order valence-corrected chi connectivity index (χ0v) is 13.2.